The Kier molecular flexibility index (Phi) is 4.77. The summed E-state index contributed by atoms with van der Waals surface area (Å²) in [6.07, 6.45) is 0.668. The van der Waals surface area contributed by atoms with Crippen molar-refractivity contribution in [3.63, 3.8) is 0 Å². The first-order valence-electron chi connectivity index (χ1n) is 5.68. The van der Waals surface area contributed by atoms with Crippen LogP contribution in [0.25, 0.3) is 0 Å². The van der Waals surface area contributed by atoms with E-state index >= 15 is 0 Å². The van der Waals surface area contributed by atoms with E-state index in [4.69, 9.17) is 4.74 Å². The number of para-hydroxylation sites is 1. The van der Waals surface area contributed by atoms with E-state index in [1.54, 1.807) is 7.11 Å². The van der Waals surface area contributed by atoms with E-state index in [0.717, 1.165) is 24.4 Å². The van der Waals surface area contributed by atoms with Gasteiger partial charge in [-0.15, -0.1) is 0 Å². The van der Waals surface area contributed by atoms with Crippen LogP contribution in [0.2, 0.25) is 0 Å². The van der Waals surface area contributed by atoms with Gasteiger partial charge in [-0.3, -0.25) is 0 Å². The van der Waals surface area contributed by atoms with Crippen LogP contribution in [0.4, 0.5) is 0 Å². The standard InChI is InChI=1S/C13H21NO2/c1-4-14-10-9-13(2,15)11-7-5-6-8-12(11)16-3/h5-8,14-15H,4,9-10H2,1-3H3. The third-order valence-electron chi connectivity index (χ3n) is 2.73. The molecule has 0 amide bonds. The average molecular weight is 223 g/mol. The number of hydrogen-bond acceptors (Lipinski definition) is 3. The highest BCUT2D eigenvalue weighted by Crippen LogP contribution is 2.31. The number of nitrogens with one attached hydrogen (secondary N) is 1. The predicted octanol–water partition coefficient (Wildman–Crippen LogP) is 1.90. The number of ether oxygens (including phenoxy) is 1. The Balaban J connectivity index is 2.79. The topological polar surface area (TPSA) is 41.5 Å². The Morgan fingerprint density at radius 3 is 2.69 bits per heavy atom. The predicted molar refractivity (Wildman–Crippen MR) is 65.7 cm³/mol. The highest BCUT2D eigenvalue weighted by atomic mass is 16.5. The molecule has 0 spiro atoms. The third kappa shape index (κ3) is 3.22. The van der Waals surface area contributed by atoms with Gasteiger partial charge < -0.3 is 15.2 Å². The molecule has 3 nitrogen and oxygen atoms in total. The van der Waals surface area contributed by atoms with Crippen LogP contribution in [-0.2, 0) is 5.60 Å². The fourth-order valence-electron chi connectivity index (χ4n) is 1.73. The minimum absolute atomic E-state index is 0.668. The molecule has 2 N–H and O–H groups in total. The minimum atomic E-state index is -0.852. The quantitative estimate of drug-likeness (QED) is 0.724. The first-order valence-corrected chi connectivity index (χ1v) is 5.68. The summed E-state index contributed by atoms with van der Waals surface area (Å²) in [6.45, 7) is 5.59. The van der Waals surface area contributed by atoms with Crippen molar-refractivity contribution in [2.24, 2.45) is 0 Å². The lowest BCUT2D eigenvalue weighted by molar-refractivity contribution is 0.0456. The molecule has 1 atom stereocenters. The van der Waals surface area contributed by atoms with Gasteiger partial charge in [0.1, 0.15) is 5.75 Å². The summed E-state index contributed by atoms with van der Waals surface area (Å²) >= 11 is 0. The van der Waals surface area contributed by atoms with Crippen molar-refractivity contribution in [3.8, 4) is 5.75 Å². The average Bonchev–Trinajstić information content (AvgIpc) is 2.29. The summed E-state index contributed by atoms with van der Waals surface area (Å²) in [5, 5.41) is 13.6. The van der Waals surface area contributed by atoms with Crippen molar-refractivity contribution in [2.45, 2.75) is 25.9 Å². The zero-order chi connectivity index (χ0) is 12.0. The molecular formula is C13H21NO2. The molecule has 3 heteroatoms. The van der Waals surface area contributed by atoms with Crippen molar-refractivity contribution in [3.05, 3.63) is 29.8 Å². The maximum Gasteiger partial charge on any atom is 0.124 e. The van der Waals surface area contributed by atoms with E-state index in [9.17, 15) is 5.11 Å². The molecule has 0 aliphatic carbocycles. The monoisotopic (exact) mass is 223 g/mol. The number of benzene rings is 1. The highest BCUT2D eigenvalue weighted by Gasteiger charge is 2.25. The van der Waals surface area contributed by atoms with Gasteiger partial charge in [-0.05, 0) is 32.5 Å². The van der Waals surface area contributed by atoms with E-state index in [-0.39, 0.29) is 0 Å². The Labute approximate surface area is 97.4 Å². The van der Waals surface area contributed by atoms with Crippen molar-refractivity contribution >= 4 is 0 Å². The first-order chi connectivity index (χ1) is 7.61. The van der Waals surface area contributed by atoms with Gasteiger partial charge in [-0.2, -0.15) is 0 Å². The number of methoxy groups -OCH3 is 1. The molecule has 1 unspecified atom stereocenters. The highest BCUT2D eigenvalue weighted by molar-refractivity contribution is 5.37. The zero-order valence-electron chi connectivity index (χ0n) is 10.3. The molecule has 0 bridgehead atoms. The van der Waals surface area contributed by atoms with Crippen LogP contribution in [0.1, 0.15) is 25.8 Å². The number of aliphatic hydroxyl groups is 1. The zero-order valence-corrected chi connectivity index (χ0v) is 10.3. The summed E-state index contributed by atoms with van der Waals surface area (Å²) in [5.74, 6) is 0.740. The molecule has 0 saturated heterocycles. The van der Waals surface area contributed by atoms with Crippen LogP contribution < -0.4 is 10.1 Å². The molecule has 0 heterocycles. The van der Waals surface area contributed by atoms with Crippen LogP contribution in [0, 0.1) is 0 Å². The van der Waals surface area contributed by atoms with Crippen LogP contribution >= 0.6 is 0 Å². The SMILES string of the molecule is CCNCCC(C)(O)c1ccccc1OC. The van der Waals surface area contributed by atoms with Crippen molar-refractivity contribution in [2.75, 3.05) is 20.2 Å². The van der Waals surface area contributed by atoms with Gasteiger partial charge in [-0.1, -0.05) is 25.1 Å². The smallest absolute Gasteiger partial charge is 0.124 e. The molecule has 0 aliphatic heterocycles. The third-order valence-corrected chi connectivity index (χ3v) is 2.73. The van der Waals surface area contributed by atoms with Gasteiger partial charge in [-0.25, -0.2) is 0 Å². The molecule has 1 rings (SSSR count). The lowest BCUT2D eigenvalue weighted by Gasteiger charge is -2.25. The normalized spacial score (nSPS) is 14.5. The maximum absolute atomic E-state index is 10.4. The van der Waals surface area contributed by atoms with Crippen molar-refractivity contribution in [1.82, 2.24) is 5.32 Å². The Hall–Kier alpha value is -1.06. The summed E-state index contributed by atoms with van der Waals surface area (Å²) in [4.78, 5) is 0. The van der Waals surface area contributed by atoms with Crippen LogP contribution in [0.5, 0.6) is 5.75 Å². The number of hydrogen-bond donors (Lipinski definition) is 2. The Morgan fingerprint density at radius 1 is 1.38 bits per heavy atom. The van der Waals surface area contributed by atoms with Crippen LogP contribution in [0.3, 0.4) is 0 Å². The second-order valence-electron chi connectivity index (χ2n) is 4.08. The van der Waals surface area contributed by atoms with Crippen LogP contribution in [0.15, 0.2) is 24.3 Å². The molecule has 0 aliphatic rings. The molecule has 0 aromatic heterocycles. The summed E-state index contributed by atoms with van der Waals surface area (Å²) in [5.41, 5.74) is -0.00944. The molecule has 1 aromatic carbocycles. The lowest BCUT2D eigenvalue weighted by atomic mass is 9.91. The number of rotatable bonds is 6. The van der Waals surface area contributed by atoms with Gasteiger partial charge in [0.05, 0.1) is 12.7 Å². The van der Waals surface area contributed by atoms with E-state index in [1.165, 1.54) is 0 Å². The Bertz CT molecular complexity index is 323. The van der Waals surface area contributed by atoms with E-state index in [0.29, 0.717) is 6.42 Å². The first kappa shape index (κ1) is 13.0. The van der Waals surface area contributed by atoms with Crippen molar-refractivity contribution < 1.29 is 9.84 Å². The largest absolute Gasteiger partial charge is 0.496 e. The molecule has 90 valence electrons. The molecule has 0 fully saturated rings. The van der Waals surface area contributed by atoms with Gasteiger partial charge in [0, 0.05) is 5.56 Å². The fraction of sp³-hybridized carbons (Fsp3) is 0.538. The van der Waals surface area contributed by atoms with E-state index in [1.807, 2.05) is 31.2 Å². The second-order valence-corrected chi connectivity index (χ2v) is 4.08. The summed E-state index contributed by atoms with van der Waals surface area (Å²) in [6, 6.07) is 7.60. The molecule has 0 radical (unpaired) electrons. The van der Waals surface area contributed by atoms with Gasteiger partial charge in [0.25, 0.3) is 0 Å². The summed E-state index contributed by atoms with van der Waals surface area (Å²) in [7, 11) is 1.62. The van der Waals surface area contributed by atoms with Gasteiger partial charge in [0.2, 0.25) is 0 Å². The minimum Gasteiger partial charge on any atom is -0.496 e. The maximum atomic E-state index is 10.4. The summed E-state index contributed by atoms with van der Waals surface area (Å²) < 4.78 is 5.26. The van der Waals surface area contributed by atoms with E-state index in [2.05, 4.69) is 12.2 Å². The molecule has 1 aromatic rings. The fourth-order valence-corrected chi connectivity index (χ4v) is 1.73. The molecule has 16 heavy (non-hydrogen) atoms. The van der Waals surface area contributed by atoms with Gasteiger partial charge >= 0.3 is 0 Å². The van der Waals surface area contributed by atoms with Crippen molar-refractivity contribution in [1.29, 1.82) is 0 Å². The molecular weight excluding hydrogens is 202 g/mol. The Morgan fingerprint density at radius 2 is 2.06 bits per heavy atom. The van der Waals surface area contributed by atoms with Crippen LogP contribution in [-0.4, -0.2) is 25.3 Å². The second kappa shape index (κ2) is 5.87. The van der Waals surface area contributed by atoms with E-state index < -0.39 is 5.60 Å². The molecule has 0 saturated carbocycles. The lowest BCUT2D eigenvalue weighted by Crippen LogP contribution is -2.28. The van der Waals surface area contributed by atoms with Gasteiger partial charge in [0.15, 0.2) is 0 Å².